The van der Waals surface area contributed by atoms with Crippen molar-refractivity contribution in [2.24, 2.45) is 0 Å². The maximum Gasteiger partial charge on any atom is 0.241 e. The number of benzene rings is 1. The molecule has 0 spiro atoms. The van der Waals surface area contributed by atoms with Crippen LogP contribution >= 0.6 is 0 Å². The Morgan fingerprint density at radius 2 is 2.00 bits per heavy atom. The molecule has 0 atom stereocenters. The van der Waals surface area contributed by atoms with E-state index in [0.29, 0.717) is 5.69 Å². The summed E-state index contributed by atoms with van der Waals surface area (Å²) in [6.07, 6.45) is 4.82. The van der Waals surface area contributed by atoms with Gasteiger partial charge < -0.3 is 4.74 Å². The third kappa shape index (κ3) is 4.03. The summed E-state index contributed by atoms with van der Waals surface area (Å²) in [5.74, 6) is -0.731. The molecule has 2 aromatic heterocycles. The van der Waals surface area contributed by atoms with Crippen LogP contribution in [0.4, 0.5) is 4.39 Å². The van der Waals surface area contributed by atoms with E-state index in [1.54, 1.807) is 37.6 Å². The molecule has 0 amide bonds. The SMILES string of the molecule is CCOc1ccc(S(=O)(=O)NCc2cn(-c3ccncc3)nn2)cc1F. The number of nitrogens with zero attached hydrogens (tertiary/aromatic N) is 4. The van der Waals surface area contributed by atoms with Crippen molar-refractivity contribution in [3.63, 3.8) is 0 Å². The molecule has 0 radical (unpaired) electrons. The molecule has 0 aliphatic carbocycles. The topological polar surface area (TPSA) is 99.0 Å². The van der Waals surface area contributed by atoms with Crippen LogP contribution in [-0.2, 0) is 16.6 Å². The summed E-state index contributed by atoms with van der Waals surface area (Å²) in [6, 6.07) is 6.97. The van der Waals surface area contributed by atoms with E-state index >= 15 is 0 Å². The Morgan fingerprint density at radius 3 is 2.69 bits per heavy atom. The molecule has 26 heavy (non-hydrogen) atoms. The standard InChI is InChI=1S/C16H16FN5O3S/c1-2-25-16-4-3-14(9-15(16)17)26(23,24)19-10-12-11-22(21-20-12)13-5-7-18-8-6-13/h3-9,11,19H,2,10H2,1H3. The van der Waals surface area contributed by atoms with Gasteiger partial charge in [0.15, 0.2) is 11.6 Å². The fourth-order valence-corrected chi connectivity index (χ4v) is 3.19. The van der Waals surface area contributed by atoms with E-state index in [-0.39, 0.29) is 23.8 Å². The van der Waals surface area contributed by atoms with Gasteiger partial charge in [0.25, 0.3) is 0 Å². The lowest BCUT2D eigenvalue weighted by Gasteiger charge is -2.08. The molecule has 0 fully saturated rings. The van der Waals surface area contributed by atoms with Gasteiger partial charge in [0.1, 0.15) is 0 Å². The lowest BCUT2D eigenvalue weighted by molar-refractivity contribution is 0.321. The number of halogens is 1. The Hall–Kier alpha value is -2.85. The van der Waals surface area contributed by atoms with E-state index in [1.807, 2.05) is 0 Å². The van der Waals surface area contributed by atoms with Gasteiger partial charge >= 0.3 is 0 Å². The highest BCUT2D eigenvalue weighted by Gasteiger charge is 2.17. The van der Waals surface area contributed by atoms with Crippen molar-refractivity contribution in [1.82, 2.24) is 24.7 Å². The van der Waals surface area contributed by atoms with Crippen molar-refractivity contribution in [2.45, 2.75) is 18.4 Å². The van der Waals surface area contributed by atoms with Gasteiger partial charge in [0.05, 0.1) is 35.6 Å². The Morgan fingerprint density at radius 1 is 1.23 bits per heavy atom. The molecular formula is C16H16FN5O3S. The second kappa shape index (κ2) is 7.58. The fraction of sp³-hybridized carbons (Fsp3) is 0.188. The third-order valence-corrected chi connectivity index (χ3v) is 4.82. The first-order chi connectivity index (χ1) is 12.5. The van der Waals surface area contributed by atoms with Crippen LogP contribution in [0.25, 0.3) is 5.69 Å². The van der Waals surface area contributed by atoms with Gasteiger partial charge in [-0.15, -0.1) is 5.10 Å². The smallest absolute Gasteiger partial charge is 0.241 e. The number of ether oxygens (including phenoxy) is 1. The van der Waals surface area contributed by atoms with E-state index in [0.717, 1.165) is 11.8 Å². The third-order valence-electron chi connectivity index (χ3n) is 3.42. The average Bonchev–Trinajstić information content (AvgIpc) is 3.12. The van der Waals surface area contributed by atoms with E-state index < -0.39 is 15.8 Å². The predicted octanol–water partition coefficient (Wildman–Crippen LogP) is 1.68. The van der Waals surface area contributed by atoms with E-state index in [4.69, 9.17) is 4.74 Å². The average molecular weight is 377 g/mol. The monoisotopic (exact) mass is 377 g/mol. The maximum absolute atomic E-state index is 13.9. The minimum Gasteiger partial charge on any atom is -0.491 e. The number of aromatic nitrogens is 4. The molecule has 10 heteroatoms. The highest BCUT2D eigenvalue weighted by molar-refractivity contribution is 7.89. The highest BCUT2D eigenvalue weighted by Crippen LogP contribution is 2.21. The summed E-state index contributed by atoms with van der Waals surface area (Å²) in [7, 11) is -3.90. The van der Waals surface area contributed by atoms with Gasteiger partial charge in [-0.1, -0.05) is 5.21 Å². The summed E-state index contributed by atoms with van der Waals surface area (Å²) in [6.45, 7) is 1.92. The van der Waals surface area contributed by atoms with Gasteiger partial charge in [-0.3, -0.25) is 4.98 Å². The first-order valence-electron chi connectivity index (χ1n) is 7.73. The molecule has 0 unspecified atom stereocenters. The van der Waals surface area contributed by atoms with E-state index in [2.05, 4.69) is 20.0 Å². The summed E-state index contributed by atoms with van der Waals surface area (Å²) in [4.78, 5) is 3.72. The number of sulfonamides is 1. The lowest BCUT2D eigenvalue weighted by Crippen LogP contribution is -2.23. The van der Waals surface area contributed by atoms with E-state index in [9.17, 15) is 12.8 Å². The number of nitrogens with one attached hydrogen (secondary N) is 1. The van der Waals surface area contributed by atoms with Crippen LogP contribution in [0, 0.1) is 5.82 Å². The summed E-state index contributed by atoms with van der Waals surface area (Å²) >= 11 is 0. The second-order valence-corrected chi connectivity index (χ2v) is 6.98. The Bertz CT molecular complexity index is 992. The number of hydrogen-bond donors (Lipinski definition) is 1. The molecule has 1 aromatic carbocycles. The Labute approximate surface area is 149 Å². The Balaban J connectivity index is 1.71. The predicted molar refractivity (Wildman–Crippen MR) is 90.7 cm³/mol. The minimum atomic E-state index is -3.90. The molecule has 0 aliphatic rings. The van der Waals surface area contributed by atoms with Gasteiger partial charge in [0, 0.05) is 12.4 Å². The van der Waals surface area contributed by atoms with Crippen molar-refractivity contribution >= 4 is 10.0 Å². The molecule has 3 rings (SSSR count). The zero-order valence-electron chi connectivity index (χ0n) is 13.8. The zero-order valence-corrected chi connectivity index (χ0v) is 14.6. The van der Waals surface area contributed by atoms with Crippen LogP contribution in [0.2, 0.25) is 0 Å². The van der Waals surface area contributed by atoms with Gasteiger partial charge in [-0.05, 0) is 37.3 Å². The largest absolute Gasteiger partial charge is 0.491 e. The van der Waals surface area contributed by atoms with Crippen LogP contribution in [0.5, 0.6) is 5.75 Å². The second-order valence-electron chi connectivity index (χ2n) is 5.21. The first kappa shape index (κ1) is 18.0. The van der Waals surface area contributed by atoms with Crippen molar-refractivity contribution in [3.8, 4) is 11.4 Å². The van der Waals surface area contributed by atoms with Crippen LogP contribution in [0.3, 0.4) is 0 Å². The molecule has 0 saturated carbocycles. The van der Waals surface area contributed by atoms with Crippen LogP contribution < -0.4 is 9.46 Å². The summed E-state index contributed by atoms with van der Waals surface area (Å²) in [5.41, 5.74) is 1.16. The molecule has 3 aromatic rings. The Kier molecular flexibility index (Phi) is 5.24. The summed E-state index contributed by atoms with van der Waals surface area (Å²) < 4.78 is 47.5. The van der Waals surface area contributed by atoms with Crippen molar-refractivity contribution in [3.05, 3.63) is 60.4 Å². The lowest BCUT2D eigenvalue weighted by atomic mass is 10.3. The molecule has 0 saturated heterocycles. The normalized spacial score (nSPS) is 11.5. The molecule has 1 N–H and O–H groups in total. The van der Waals surface area contributed by atoms with Crippen LogP contribution in [0.1, 0.15) is 12.6 Å². The maximum atomic E-state index is 13.9. The van der Waals surface area contributed by atoms with Gasteiger partial charge in [0.2, 0.25) is 10.0 Å². The van der Waals surface area contributed by atoms with Crippen molar-refractivity contribution < 1.29 is 17.5 Å². The quantitative estimate of drug-likeness (QED) is 0.673. The molecule has 2 heterocycles. The molecule has 8 nitrogen and oxygen atoms in total. The van der Waals surface area contributed by atoms with Crippen LogP contribution in [-0.4, -0.2) is 35.0 Å². The van der Waals surface area contributed by atoms with Gasteiger partial charge in [-0.25, -0.2) is 22.2 Å². The first-order valence-corrected chi connectivity index (χ1v) is 9.21. The molecule has 136 valence electrons. The number of rotatable bonds is 7. The van der Waals surface area contributed by atoms with Crippen molar-refractivity contribution in [2.75, 3.05) is 6.61 Å². The van der Waals surface area contributed by atoms with Gasteiger partial charge in [-0.2, -0.15) is 0 Å². The molecule has 0 bridgehead atoms. The minimum absolute atomic E-state index is 0.00624. The fourth-order valence-electron chi connectivity index (χ4n) is 2.18. The highest BCUT2D eigenvalue weighted by atomic mass is 32.2. The number of pyridine rings is 1. The number of hydrogen-bond acceptors (Lipinski definition) is 6. The summed E-state index contributed by atoms with van der Waals surface area (Å²) in [5, 5.41) is 7.85. The zero-order chi connectivity index (χ0) is 18.6. The van der Waals surface area contributed by atoms with Crippen molar-refractivity contribution in [1.29, 1.82) is 0 Å². The van der Waals surface area contributed by atoms with Crippen LogP contribution in [0.15, 0.2) is 53.8 Å². The van der Waals surface area contributed by atoms with E-state index in [1.165, 1.54) is 16.8 Å². The molecular weight excluding hydrogens is 361 g/mol. The molecule has 0 aliphatic heterocycles.